The van der Waals surface area contributed by atoms with Gasteiger partial charge in [0, 0.05) is 52.4 Å². The first-order valence-electron chi connectivity index (χ1n) is 11.3. The molecule has 0 atom stereocenters. The number of hydrogen-bond acceptors (Lipinski definition) is 7. The number of Topliss-reactive ketones (excluding diaryl/α,β-unsaturated/α-hetero) is 1. The Morgan fingerprint density at radius 1 is 0.944 bits per heavy atom. The highest BCUT2D eigenvalue weighted by Gasteiger charge is 2.13. The van der Waals surface area contributed by atoms with E-state index in [-0.39, 0.29) is 12.2 Å². The van der Waals surface area contributed by atoms with E-state index in [1.807, 2.05) is 54.6 Å². The number of H-pyrrole nitrogens is 2. The molecule has 0 bridgehead atoms. The van der Waals surface area contributed by atoms with Crippen LogP contribution in [0.5, 0.6) is 5.88 Å². The number of ether oxygens (including phenoxy) is 1. The van der Waals surface area contributed by atoms with Gasteiger partial charge in [-0.3, -0.25) is 9.89 Å². The number of aromatic nitrogens is 6. The zero-order valence-electron chi connectivity index (χ0n) is 19.3. The first kappa shape index (κ1) is 21.5. The zero-order valence-corrected chi connectivity index (χ0v) is 19.3. The van der Waals surface area contributed by atoms with Gasteiger partial charge in [-0.25, -0.2) is 15.0 Å². The van der Waals surface area contributed by atoms with Gasteiger partial charge in [-0.2, -0.15) is 5.10 Å². The van der Waals surface area contributed by atoms with E-state index in [0.717, 1.165) is 38.6 Å². The summed E-state index contributed by atoms with van der Waals surface area (Å²) in [7, 11) is 1.56. The van der Waals surface area contributed by atoms with Gasteiger partial charge in [0.1, 0.15) is 5.82 Å². The topological polar surface area (TPSA) is 121 Å². The van der Waals surface area contributed by atoms with Gasteiger partial charge in [-0.05, 0) is 42.0 Å². The molecule has 0 aliphatic carbocycles. The van der Waals surface area contributed by atoms with Crippen molar-refractivity contribution in [3.63, 3.8) is 0 Å². The Kier molecular flexibility index (Phi) is 5.34. The van der Waals surface area contributed by atoms with Crippen molar-refractivity contribution in [2.45, 2.75) is 6.42 Å². The van der Waals surface area contributed by atoms with Crippen LogP contribution in [0.15, 0.2) is 79.3 Å². The summed E-state index contributed by atoms with van der Waals surface area (Å²) >= 11 is 0. The highest BCUT2D eigenvalue weighted by atomic mass is 16.5. The van der Waals surface area contributed by atoms with Gasteiger partial charge in [-0.15, -0.1) is 0 Å². The average Bonchev–Trinajstić information content (AvgIpc) is 3.55. The lowest BCUT2D eigenvalue weighted by atomic mass is 10.1. The summed E-state index contributed by atoms with van der Waals surface area (Å²) in [4.78, 5) is 29.4. The molecule has 0 amide bonds. The number of hydrogen-bond donors (Lipinski definition) is 3. The van der Waals surface area contributed by atoms with Crippen LogP contribution in [0.25, 0.3) is 33.2 Å². The molecule has 4 heterocycles. The number of pyridine rings is 1. The standard InChI is InChI=1S/C27H21N7O2/c1-36-26-7-2-16(14-29-26)10-24(35)23-12-17-3-4-18(13-22(17)32-23)27-28-9-8-25(33-27)31-20-5-6-21-19(11-20)15-30-34-21/h2-9,11-15,32H,10H2,1H3,(H,30,34)(H,28,31,33). The highest BCUT2D eigenvalue weighted by molar-refractivity contribution is 6.01. The third-order valence-corrected chi connectivity index (χ3v) is 5.92. The number of aromatic amines is 2. The molecule has 0 aliphatic heterocycles. The van der Waals surface area contributed by atoms with Crippen LogP contribution < -0.4 is 10.1 Å². The first-order valence-corrected chi connectivity index (χ1v) is 11.3. The average molecular weight is 476 g/mol. The Morgan fingerprint density at radius 2 is 1.89 bits per heavy atom. The van der Waals surface area contributed by atoms with Crippen molar-refractivity contribution in [1.82, 2.24) is 30.1 Å². The molecule has 0 spiro atoms. The Bertz CT molecular complexity index is 1700. The van der Waals surface area contributed by atoms with E-state index >= 15 is 0 Å². The summed E-state index contributed by atoms with van der Waals surface area (Å²) in [5, 5.41) is 12.3. The Hall–Kier alpha value is -5.05. The molecule has 36 heavy (non-hydrogen) atoms. The molecular formula is C27H21N7O2. The summed E-state index contributed by atoms with van der Waals surface area (Å²) in [5.41, 5.74) is 4.94. The van der Waals surface area contributed by atoms with E-state index in [1.54, 1.807) is 31.8 Å². The largest absolute Gasteiger partial charge is 0.481 e. The number of rotatable bonds is 7. The molecule has 6 aromatic rings. The molecular weight excluding hydrogens is 454 g/mol. The molecule has 6 rings (SSSR count). The normalized spacial score (nSPS) is 11.1. The summed E-state index contributed by atoms with van der Waals surface area (Å²) in [6.45, 7) is 0. The SMILES string of the molecule is COc1ccc(CC(=O)c2cc3ccc(-c4nccc(Nc5ccc6[nH]ncc6c5)n4)cc3[nH]2)cn1. The number of nitrogens with one attached hydrogen (secondary N) is 3. The minimum Gasteiger partial charge on any atom is -0.481 e. The fraction of sp³-hybridized carbons (Fsp3) is 0.0741. The molecule has 9 heteroatoms. The van der Waals surface area contributed by atoms with Crippen molar-refractivity contribution < 1.29 is 9.53 Å². The van der Waals surface area contributed by atoms with Gasteiger partial charge in [0.25, 0.3) is 0 Å². The van der Waals surface area contributed by atoms with Crippen molar-refractivity contribution >= 4 is 39.1 Å². The number of benzene rings is 2. The van der Waals surface area contributed by atoms with E-state index in [9.17, 15) is 4.79 Å². The molecule has 0 saturated heterocycles. The smallest absolute Gasteiger partial charge is 0.212 e. The molecule has 0 fully saturated rings. The molecule has 9 nitrogen and oxygen atoms in total. The number of methoxy groups -OCH3 is 1. The summed E-state index contributed by atoms with van der Waals surface area (Å²) < 4.78 is 5.08. The second-order valence-electron chi connectivity index (χ2n) is 8.36. The minimum absolute atomic E-state index is 0.0169. The Labute approximate surface area is 205 Å². The monoisotopic (exact) mass is 475 g/mol. The number of nitrogens with zero attached hydrogens (tertiary/aromatic N) is 4. The van der Waals surface area contributed by atoms with E-state index in [2.05, 4.69) is 35.5 Å². The van der Waals surface area contributed by atoms with Crippen LogP contribution in [-0.2, 0) is 6.42 Å². The van der Waals surface area contributed by atoms with Crippen LogP contribution in [0.2, 0.25) is 0 Å². The number of carbonyl (C=O) groups is 1. The summed E-state index contributed by atoms with van der Waals surface area (Å²) in [5.74, 6) is 1.76. The maximum atomic E-state index is 12.8. The van der Waals surface area contributed by atoms with E-state index < -0.39 is 0 Å². The molecule has 0 radical (unpaired) electrons. The Balaban J connectivity index is 1.22. The van der Waals surface area contributed by atoms with Crippen molar-refractivity contribution in [3.8, 4) is 17.3 Å². The van der Waals surface area contributed by atoms with Gasteiger partial charge >= 0.3 is 0 Å². The van der Waals surface area contributed by atoms with Crippen molar-refractivity contribution in [1.29, 1.82) is 0 Å². The number of anilines is 2. The lowest BCUT2D eigenvalue weighted by Crippen LogP contribution is -2.04. The van der Waals surface area contributed by atoms with Crippen LogP contribution in [0.3, 0.4) is 0 Å². The van der Waals surface area contributed by atoms with Gasteiger partial charge < -0.3 is 15.0 Å². The Morgan fingerprint density at radius 3 is 2.75 bits per heavy atom. The predicted molar refractivity (Wildman–Crippen MR) is 138 cm³/mol. The second-order valence-corrected chi connectivity index (χ2v) is 8.36. The third kappa shape index (κ3) is 4.25. The number of fused-ring (bicyclic) bond motifs is 2. The molecule has 0 saturated carbocycles. The minimum atomic E-state index is -0.0169. The molecule has 0 aliphatic rings. The molecule has 0 unspecified atom stereocenters. The van der Waals surface area contributed by atoms with Crippen LogP contribution in [0.1, 0.15) is 16.1 Å². The fourth-order valence-corrected chi connectivity index (χ4v) is 4.07. The quantitative estimate of drug-likeness (QED) is 0.276. The first-order chi connectivity index (χ1) is 17.6. The fourth-order valence-electron chi connectivity index (χ4n) is 4.07. The number of ketones is 1. The van der Waals surface area contributed by atoms with Crippen LogP contribution in [-0.4, -0.2) is 43.0 Å². The van der Waals surface area contributed by atoms with Crippen LogP contribution in [0, 0.1) is 0 Å². The number of carbonyl (C=O) groups excluding carboxylic acids is 1. The van der Waals surface area contributed by atoms with E-state index in [0.29, 0.717) is 23.2 Å². The predicted octanol–water partition coefficient (Wildman–Crippen LogP) is 5.07. The maximum absolute atomic E-state index is 12.8. The van der Waals surface area contributed by atoms with Crippen molar-refractivity contribution in [3.05, 3.63) is 90.5 Å². The lowest BCUT2D eigenvalue weighted by molar-refractivity contribution is 0.0989. The summed E-state index contributed by atoms with van der Waals surface area (Å²) in [6, 6.07) is 19.1. The third-order valence-electron chi connectivity index (χ3n) is 5.92. The van der Waals surface area contributed by atoms with E-state index in [4.69, 9.17) is 4.74 Å². The highest BCUT2D eigenvalue weighted by Crippen LogP contribution is 2.25. The van der Waals surface area contributed by atoms with Gasteiger partial charge in [0.05, 0.1) is 24.5 Å². The molecule has 176 valence electrons. The zero-order chi connectivity index (χ0) is 24.5. The van der Waals surface area contributed by atoms with Gasteiger partial charge in [-0.1, -0.05) is 18.2 Å². The van der Waals surface area contributed by atoms with Crippen LogP contribution in [0.4, 0.5) is 11.5 Å². The van der Waals surface area contributed by atoms with Crippen molar-refractivity contribution in [2.24, 2.45) is 0 Å². The van der Waals surface area contributed by atoms with Crippen molar-refractivity contribution in [2.75, 3.05) is 12.4 Å². The van der Waals surface area contributed by atoms with E-state index in [1.165, 1.54) is 0 Å². The molecule has 3 N–H and O–H groups in total. The lowest BCUT2D eigenvalue weighted by Gasteiger charge is -2.07. The second kappa shape index (κ2) is 8.95. The maximum Gasteiger partial charge on any atom is 0.212 e. The molecule has 2 aromatic carbocycles. The van der Waals surface area contributed by atoms with Gasteiger partial charge in [0.2, 0.25) is 5.88 Å². The summed E-state index contributed by atoms with van der Waals surface area (Å²) in [6.07, 6.45) is 5.41. The van der Waals surface area contributed by atoms with Crippen LogP contribution >= 0.6 is 0 Å². The molecule has 4 aromatic heterocycles. The van der Waals surface area contributed by atoms with Gasteiger partial charge in [0.15, 0.2) is 11.6 Å².